The number of carbonyl (C=O) groups is 6. The van der Waals surface area contributed by atoms with E-state index in [1.54, 1.807) is 27.7 Å². The molecule has 0 aliphatic carbocycles. The number of nitrogens with one attached hydrogen (secondary N) is 3. The van der Waals surface area contributed by atoms with Crippen molar-refractivity contribution < 1.29 is 39.0 Å². The normalized spacial score (nSPS) is 21.5. The molecule has 2 aliphatic rings. The highest BCUT2D eigenvalue weighted by molar-refractivity contribution is 5.96. The van der Waals surface area contributed by atoms with Gasteiger partial charge in [0.2, 0.25) is 29.5 Å². The van der Waals surface area contributed by atoms with Crippen LogP contribution < -0.4 is 21.7 Å². The minimum atomic E-state index is -1.14. The van der Waals surface area contributed by atoms with E-state index in [2.05, 4.69) is 16.0 Å². The predicted molar refractivity (Wildman–Crippen MR) is 157 cm³/mol. The monoisotopic (exact) mass is 610 g/mol. The van der Waals surface area contributed by atoms with E-state index in [9.17, 15) is 39.0 Å². The van der Waals surface area contributed by atoms with Gasteiger partial charge in [-0.3, -0.25) is 24.0 Å². The van der Waals surface area contributed by atoms with Gasteiger partial charge in [0.15, 0.2) is 0 Å². The molecular formula is C29H50N6O8. The van der Waals surface area contributed by atoms with Crippen LogP contribution in [0.1, 0.15) is 73.6 Å². The molecule has 2 rings (SSSR count). The third-order valence-electron chi connectivity index (χ3n) is 7.99. The van der Waals surface area contributed by atoms with Crippen molar-refractivity contribution in [3.63, 3.8) is 0 Å². The Morgan fingerprint density at radius 2 is 1.30 bits per heavy atom. The van der Waals surface area contributed by atoms with Gasteiger partial charge in [-0.15, -0.1) is 0 Å². The number of nitrogens with zero attached hydrogens (tertiary/aromatic N) is 2. The lowest BCUT2D eigenvalue weighted by atomic mass is 9.98. The molecule has 0 aromatic rings. The zero-order valence-electron chi connectivity index (χ0n) is 26.2. The molecule has 0 aromatic carbocycles. The molecule has 0 bridgehead atoms. The number of aliphatic hydroxyl groups excluding tert-OH is 1. The summed E-state index contributed by atoms with van der Waals surface area (Å²) in [5.74, 6) is -4.55. The summed E-state index contributed by atoms with van der Waals surface area (Å²) in [5, 5.41) is 27.0. The van der Waals surface area contributed by atoms with Crippen LogP contribution in [0.3, 0.4) is 0 Å². The molecular weight excluding hydrogens is 560 g/mol. The largest absolute Gasteiger partial charge is 0.480 e. The molecule has 2 fully saturated rings. The predicted octanol–water partition coefficient (Wildman–Crippen LogP) is -0.815. The Bertz CT molecular complexity index is 1030. The Hall–Kier alpha value is -3.26. The van der Waals surface area contributed by atoms with Gasteiger partial charge in [0, 0.05) is 13.1 Å². The van der Waals surface area contributed by atoms with E-state index in [1.807, 2.05) is 13.8 Å². The lowest BCUT2D eigenvalue weighted by Crippen LogP contribution is -2.60. The minimum Gasteiger partial charge on any atom is -0.480 e. The summed E-state index contributed by atoms with van der Waals surface area (Å²) < 4.78 is 0. The number of rotatable bonds is 14. The molecule has 0 aromatic heterocycles. The van der Waals surface area contributed by atoms with Crippen LogP contribution in [0.2, 0.25) is 0 Å². The maximum Gasteiger partial charge on any atom is 0.326 e. The fraction of sp³-hybridized carbons (Fsp3) is 0.793. The first-order valence-electron chi connectivity index (χ1n) is 15.2. The van der Waals surface area contributed by atoms with Gasteiger partial charge >= 0.3 is 5.97 Å². The highest BCUT2D eigenvalue weighted by atomic mass is 16.4. The second kappa shape index (κ2) is 16.0. The van der Waals surface area contributed by atoms with Gasteiger partial charge < -0.3 is 41.7 Å². The molecule has 0 saturated carbocycles. The van der Waals surface area contributed by atoms with Gasteiger partial charge in [-0.05, 0) is 49.9 Å². The van der Waals surface area contributed by atoms with Crippen molar-refractivity contribution in [1.29, 1.82) is 0 Å². The van der Waals surface area contributed by atoms with Crippen molar-refractivity contribution in [3.8, 4) is 0 Å². The zero-order chi connectivity index (χ0) is 32.6. The summed E-state index contributed by atoms with van der Waals surface area (Å²) >= 11 is 0. The molecule has 244 valence electrons. The summed E-state index contributed by atoms with van der Waals surface area (Å²) in [6, 6.07) is -5.97. The number of hydrogen-bond donors (Lipinski definition) is 6. The molecule has 14 heteroatoms. The number of carboxylic acid groups (broad SMARTS) is 1. The van der Waals surface area contributed by atoms with Crippen LogP contribution in [-0.2, 0) is 28.8 Å². The average molecular weight is 611 g/mol. The van der Waals surface area contributed by atoms with Crippen molar-refractivity contribution in [3.05, 3.63) is 0 Å². The second-order valence-corrected chi connectivity index (χ2v) is 12.7. The average Bonchev–Trinajstić information content (AvgIpc) is 3.62. The standard InChI is InChI=1S/C29H50N6O8/c1-15(2)13-19(24(37)33-23(17(5)6)28(41)35-12-8-10-21(35)29(42)43)31-26(39)22(16(3)4)32-25(38)20-9-7-11-34(20)27(40)18(30)14-36/h15-23,36H,7-14,30H2,1-6H3,(H,31,39)(H,32,38)(H,33,37)(H,42,43)/t18-,19-,20-,21-,22-,23-/m0/s1. The number of carbonyl (C=O) groups excluding carboxylic acids is 5. The molecule has 2 saturated heterocycles. The fourth-order valence-corrected chi connectivity index (χ4v) is 5.58. The Labute approximate surface area is 253 Å². The maximum absolute atomic E-state index is 13.5. The summed E-state index contributed by atoms with van der Waals surface area (Å²) in [4.78, 5) is 80.4. The summed E-state index contributed by atoms with van der Waals surface area (Å²) in [7, 11) is 0. The van der Waals surface area contributed by atoms with Crippen molar-refractivity contribution in [2.45, 2.75) is 110 Å². The zero-order valence-corrected chi connectivity index (χ0v) is 26.2. The summed E-state index contributed by atoms with van der Waals surface area (Å²) in [6.45, 7) is 10.8. The Morgan fingerprint density at radius 3 is 1.79 bits per heavy atom. The number of aliphatic carboxylic acids is 1. The Morgan fingerprint density at radius 1 is 0.767 bits per heavy atom. The van der Waals surface area contributed by atoms with E-state index in [4.69, 9.17) is 5.73 Å². The quantitative estimate of drug-likeness (QED) is 0.145. The van der Waals surface area contributed by atoms with Crippen LogP contribution >= 0.6 is 0 Å². The molecule has 6 atom stereocenters. The van der Waals surface area contributed by atoms with Crippen molar-refractivity contribution in [1.82, 2.24) is 25.8 Å². The first-order valence-corrected chi connectivity index (χ1v) is 15.2. The maximum atomic E-state index is 13.5. The SMILES string of the molecule is CC(C)C[C@H](NC(=O)[C@@H](NC(=O)[C@@H]1CCCN1C(=O)[C@@H](N)CO)C(C)C)C(=O)N[C@H](C(=O)N1CCC[C@H]1C(=O)O)C(C)C. The first-order chi connectivity index (χ1) is 20.1. The van der Waals surface area contributed by atoms with E-state index < -0.39 is 78.4 Å². The third kappa shape index (κ3) is 9.36. The molecule has 0 unspecified atom stereocenters. The van der Waals surface area contributed by atoms with E-state index in [0.717, 1.165) is 0 Å². The highest BCUT2D eigenvalue weighted by Crippen LogP contribution is 2.21. The number of hydrogen-bond acceptors (Lipinski definition) is 8. The molecule has 7 N–H and O–H groups in total. The Balaban J connectivity index is 2.18. The fourth-order valence-electron chi connectivity index (χ4n) is 5.58. The third-order valence-corrected chi connectivity index (χ3v) is 7.99. The smallest absolute Gasteiger partial charge is 0.326 e. The number of amides is 5. The van der Waals surface area contributed by atoms with E-state index >= 15 is 0 Å². The lowest BCUT2D eigenvalue weighted by molar-refractivity contribution is -0.150. The van der Waals surface area contributed by atoms with Gasteiger partial charge in [-0.2, -0.15) is 0 Å². The van der Waals surface area contributed by atoms with Crippen LogP contribution in [0.5, 0.6) is 0 Å². The van der Waals surface area contributed by atoms with E-state index in [-0.39, 0.29) is 30.7 Å². The van der Waals surface area contributed by atoms with Gasteiger partial charge in [0.05, 0.1) is 6.61 Å². The summed E-state index contributed by atoms with van der Waals surface area (Å²) in [6.07, 6.45) is 2.09. The minimum absolute atomic E-state index is 0.0138. The molecule has 0 spiro atoms. The number of nitrogens with two attached hydrogens (primary N) is 1. The van der Waals surface area contributed by atoms with Gasteiger partial charge in [-0.1, -0.05) is 41.5 Å². The van der Waals surface area contributed by atoms with Crippen molar-refractivity contribution in [2.24, 2.45) is 23.5 Å². The number of likely N-dealkylation sites (tertiary alicyclic amines) is 2. The second-order valence-electron chi connectivity index (χ2n) is 12.7. The van der Waals surface area contributed by atoms with Crippen LogP contribution in [0.15, 0.2) is 0 Å². The van der Waals surface area contributed by atoms with Crippen molar-refractivity contribution >= 4 is 35.5 Å². The lowest BCUT2D eigenvalue weighted by Gasteiger charge is -2.32. The molecule has 2 heterocycles. The summed E-state index contributed by atoms with van der Waals surface area (Å²) in [5.41, 5.74) is 5.68. The van der Waals surface area contributed by atoms with Crippen LogP contribution in [0.25, 0.3) is 0 Å². The first kappa shape index (κ1) is 35.9. The van der Waals surface area contributed by atoms with E-state index in [0.29, 0.717) is 32.2 Å². The van der Waals surface area contributed by atoms with Gasteiger partial charge in [-0.25, -0.2) is 4.79 Å². The molecule has 14 nitrogen and oxygen atoms in total. The van der Waals surface area contributed by atoms with Crippen LogP contribution in [0, 0.1) is 17.8 Å². The number of aliphatic hydroxyl groups is 1. The van der Waals surface area contributed by atoms with Crippen molar-refractivity contribution in [2.75, 3.05) is 19.7 Å². The van der Waals surface area contributed by atoms with Gasteiger partial charge in [0.25, 0.3) is 0 Å². The van der Waals surface area contributed by atoms with E-state index in [1.165, 1.54) is 9.80 Å². The molecule has 2 aliphatic heterocycles. The molecule has 43 heavy (non-hydrogen) atoms. The van der Waals surface area contributed by atoms with Crippen LogP contribution in [-0.4, -0.2) is 111 Å². The highest BCUT2D eigenvalue weighted by Gasteiger charge is 2.41. The van der Waals surface area contributed by atoms with Gasteiger partial charge in [0.1, 0.15) is 36.3 Å². The molecule has 5 amide bonds. The Kier molecular flexibility index (Phi) is 13.4. The molecule has 0 radical (unpaired) electrons. The van der Waals surface area contributed by atoms with Crippen LogP contribution in [0.4, 0.5) is 0 Å². The number of carboxylic acids is 1. The topological polar surface area (TPSA) is 211 Å².